The number of ether oxygens (including phenoxy) is 1. The van der Waals surface area contributed by atoms with Gasteiger partial charge in [0, 0.05) is 25.0 Å². The quantitative estimate of drug-likeness (QED) is 0.396. The molecule has 0 radical (unpaired) electrons. The van der Waals surface area contributed by atoms with Gasteiger partial charge in [-0.15, -0.1) is 0 Å². The fraction of sp³-hybridized carbons (Fsp3) is 0.583. The van der Waals surface area contributed by atoms with Crippen LogP contribution < -0.4 is 11.3 Å². The van der Waals surface area contributed by atoms with Crippen molar-refractivity contribution in [1.82, 2.24) is 10.4 Å². The summed E-state index contributed by atoms with van der Waals surface area (Å²) in [6, 6.07) is 4.28. The highest BCUT2D eigenvalue weighted by atomic mass is 16.5. The van der Waals surface area contributed by atoms with E-state index in [0.717, 1.165) is 25.9 Å². The molecule has 4 nitrogen and oxygen atoms in total. The van der Waals surface area contributed by atoms with E-state index in [9.17, 15) is 0 Å². The zero-order valence-corrected chi connectivity index (χ0v) is 9.86. The second-order valence-corrected chi connectivity index (χ2v) is 3.83. The highest BCUT2D eigenvalue weighted by Crippen LogP contribution is 2.04. The Morgan fingerprint density at radius 3 is 2.81 bits per heavy atom. The minimum atomic E-state index is 0.222. The van der Waals surface area contributed by atoms with Crippen molar-refractivity contribution in [3.05, 3.63) is 30.1 Å². The lowest BCUT2D eigenvalue weighted by atomic mass is 10.1. The van der Waals surface area contributed by atoms with E-state index < -0.39 is 0 Å². The Labute approximate surface area is 97.2 Å². The monoisotopic (exact) mass is 223 g/mol. The fourth-order valence-corrected chi connectivity index (χ4v) is 1.48. The van der Waals surface area contributed by atoms with Gasteiger partial charge in [-0.25, -0.2) is 0 Å². The molecule has 0 aromatic carbocycles. The molecule has 0 saturated heterocycles. The summed E-state index contributed by atoms with van der Waals surface area (Å²) in [4.78, 5) is 3.99. The molecule has 0 spiro atoms. The van der Waals surface area contributed by atoms with Crippen molar-refractivity contribution in [2.75, 3.05) is 13.2 Å². The maximum atomic E-state index is 5.48. The summed E-state index contributed by atoms with van der Waals surface area (Å²) in [5.41, 5.74) is 4.07. The molecule has 1 aromatic heterocycles. The molecule has 1 aromatic rings. The molecule has 16 heavy (non-hydrogen) atoms. The SMILES string of the molecule is CCCOCC(CCc1ccncc1)NN. The van der Waals surface area contributed by atoms with E-state index in [4.69, 9.17) is 10.6 Å². The van der Waals surface area contributed by atoms with Crippen molar-refractivity contribution < 1.29 is 4.74 Å². The Balaban J connectivity index is 2.23. The number of nitrogens with two attached hydrogens (primary N) is 1. The first-order valence-electron chi connectivity index (χ1n) is 5.79. The van der Waals surface area contributed by atoms with Gasteiger partial charge in [-0.3, -0.25) is 16.3 Å². The molecule has 0 fully saturated rings. The Hall–Kier alpha value is -0.970. The molecule has 0 saturated carbocycles. The predicted molar refractivity (Wildman–Crippen MR) is 64.8 cm³/mol. The standard InChI is InChI=1S/C12H21N3O/c1-2-9-16-10-12(15-13)4-3-11-5-7-14-8-6-11/h5-8,12,15H,2-4,9-10,13H2,1H3. The van der Waals surface area contributed by atoms with E-state index in [2.05, 4.69) is 17.3 Å². The normalized spacial score (nSPS) is 12.6. The van der Waals surface area contributed by atoms with Crippen LogP contribution in [0.3, 0.4) is 0 Å². The van der Waals surface area contributed by atoms with Crippen molar-refractivity contribution in [2.24, 2.45) is 5.84 Å². The van der Waals surface area contributed by atoms with Crippen LogP contribution in [0.2, 0.25) is 0 Å². The second-order valence-electron chi connectivity index (χ2n) is 3.83. The molecule has 1 atom stereocenters. The number of nitrogens with zero attached hydrogens (tertiary/aromatic N) is 1. The van der Waals surface area contributed by atoms with Gasteiger partial charge in [0.25, 0.3) is 0 Å². The summed E-state index contributed by atoms with van der Waals surface area (Å²) in [7, 11) is 0. The Bertz CT molecular complexity index is 266. The number of nitrogens with one attached hydrogen (secondary N) is 1. The minimum Gasteiger partial charge on any atom is -0.380 e. The van der Waals surface area contributed by atoms with Crippen molar-refractivity contribution in [3.63, 3.8) is 0 Å². The molecule has 0 aliphatic rings. The third-order valence-corrected chi connectivity index (χ3v) is 2.43. The maximum Gasteiger partial charge on any atom is 0.0633 e. The first-order chi connectivity index (χ1) is 7.86. The summed E-state index contributed by atoms with van der Waals surface area (Å²) < 4.78 is 5.47. The highest BCUT2D eigenvalue weighted by Gasteiger charge is 2.06. The third-order valence-electron chi connectivity index (χ3n) is 2.43. The zero-order chi connectivity index (χ0) is 11.6. The van der Waals surface area contributed by atoms with Crippen LogP contribution in [0.5, 0.6) is 0 Å². The first kappa shape index (κ1) is 13.1. The summed E-state index contributed by atoms with van der Waals surface area (Å²) in [5.74, 6) is 5.48. The van der Waals surface area contributed by atoms with Gasteiger partial charge in [-0.05, 0) is 37.0 Å². The number of hydrazine groups is 1. The number of aryl methyl sites for hydroxylation is 1. The zero-order valence-electron chi connectivity index (χ0n) is 9.86. The van der Waals surface area contributed by atoms with Gasteiger partial charge >= 0.3 is 0 Å². The number of hydrogen-bond donors (Lipinski definition) is 2. The minimum absolute atomic E-state index is 0.222. The van der Waals surface area contributed by atoms with Crippen molar-refractivity contribution in [2.45, 2.75) is 32.2 Å². The van der Waals surface area contributed by atoms with Gasteiger partial charge in [0.1, 0.15) is 0 Å². The molecule has 1 unspecified atom stereocenters. The van der Waals surface area contributed by atoms with E-state index >= 15 is 0 Å². The molecule has 1 rings (SSSR count). The van der Waals surface area contributed by atoms with Gasteiger partial charge in [-0.2, -0.15) is 0 Å². The summed E-state index contributed by atoms with van der Waals surface area (Å²) in [5, 5.41) is 0. The van der Waals surface area contributed by atoms with E-state index in [1.807, 2.05) is 24.5 Å². The molecule has 0 bridgehead atoms. The molecule has 0 aliphatic heterocycles. The summed E-state index contributed by atoms with van der Waals surface area (Å²) >= 11 is 0. The average molecular weight is 223 g/mol. The van der Waals surface area contributed by atoms with Gasteiger partial charge in [0.05, 0.1) is 6.61 Å². The lowest BCUT2D eigenvalue weighted by molar-refractivity contribution is 0.109. The van der Waals surface area contributed by atoms with Crippen LogP contribution in [0.25, 0.3) is 0 Å². The predicted octanol–water partition coefficient (Wildman–Crippen LogP) is 1.27. The summed E-state index contributed by atoms with van der Waals surface area (Å²) in [6.45, 7) is 3.57. The van der Waals surface area contributed by atoms with Crippen molar-refractivity contribution >= 4 is 0 Å². The third kappa shape index (κ3) is 5.21. The lowest BCUT2D eigenvalue weighted by Crippen LogP contribution is -2.39. The van der Waals surface area contributed by atoms with E-state index in [1.54, 1.807) is 0 Å². The van der Waals surface area contributed by atoms with E-state index in [1.165, 1.54) is 5.56 Å². The molecular weight excluding hydrogens is 202 g/mol. The van der Waals surface area contributed by atoms with Crippen LogP contribution in [0, 0.1) is 0 Å². The average Bonchev–Trinajstić information content (AvgIpc) is 2.35. The molecular formula is C12H21N3O. The van der Waals surface area contributed by atoms with E-state index in [0.29, 0.717) is 6.61 Å². The van der Waals surface area contributed by atoms with Crippen LogP contribution in [-0.2, 0) is 11.2 Å². The Morgan fingerprint density at radius 2 is 2.19 bits per heavy atom. The lowest BCUT2D eigenvalue weighted by Gasteiger charge is -2.15. The molecule has 90 valence electrons. The fourth-order valence-electron chi connectivity index (χ4n) is 1.48. The first-order valence-corrected chi connectivity index (χ1v) is 5.79. The van der Waals surface area contributed by atoms with Crippen LogP contribution >= 0.6 is 0 Å². The molecule has 0 aliphatic carbocycles. The number of hydrogen-bond acceptors (Lipinski definition) is 4. The second kappa shape index (κ2) is 8.21. The van der Waals surface area contributed by atoms with Gasteiger partial charge < -0.3 is 4.74 Å². The Kier molecular flexibility index (Phi) is 6.72. The smallest absolute Gasteiger partial charge is 0.0633 e. The molecule has 0 amide bonds. The number of rotatable bonds is 8. The van der Waals surface area contributed by atoms with Crippen LogP contribution in [0.15, 0.2) is 24.5 Å². The van der Waals surface area contributed by atoms with Gasteiger partial charge in [0.15, 0.2) is 0 Å². The van der Waals surface area contributed by atoms with Crippen LogP contribution in [-0.4, -0.2) is 24.2 Å². The van der Waals surface area contributed by atoms with Crippen LogP contribution in [0.1, 0.15) is 25.3 Å². The maximum absolute atomic E-state index is 5.48. The molecule has 1 heterocycles. The summed E-state index contributed by atoms with van der Waals surface area (Å²) in [6.07, 6.45) is 6.64. The molecule has 4 heteroatoms. The van der Waals surface area contributed by atoms with Crippen molar-refractivity contribution in [3.8, 4) is 0 Å². The van der Waals surface area contributed by atoms with Crippen molar-refractivity contribution in [1.29, 1.82) is 0 Å². The molecule has 3 N–H and O–H groups in total. The largest absolute Gasteiger partial charge is 0.380 e. The van der Waals surface area contributed by atoms with Gasteiger partial charge in [-0.1, -0.05) is 6.92 Å². The highest BCUT2D eigenvalue weighted by molar-refractivity contribution is 5.09. The number of aromatic nitrogens is 1. The number of pyridine rings is 1. The van der Waals surface area contributed by atoms with Crippen LogP contribution in [0.4, 0.5) is 0 Å². The topological polar surface area (TPSA) is 60.2 Å². The van der Waals surface area contributed by atoms with Gasteiger partial charge in [0.2, 0.25) is 0 Å². The Morgan fingerprint density at radius 1 is 1.44 bits per heavy atom. The van der Waals surface area contributed by atoms with E-state index in [-0.39, 0.29) is 6.04 Å².